The van der Waals surface area contributed by atoms with Crippen LogP contribution in [0.5, 0.6) is 0 Å². The molecular formula is C12H17NO2S. The van der Waals surface area contributed by atoms with Crippen LogP contribution in [0.4, 0.5) is 0 Å². The van der Waals surface area contributed by atoms with Crippen molar-refractivity contribution in [2.75, 3.05) is 13.7 Å². The third-order valence-electron chi connectivity index (χ3n) is 3.11. The number of ether oxygens (including phenoxy) is 1. The number of aryl methyl sites for hydroxylation is 1. The number of pyridine rings is 1. The summed E-state index contributed by atoms with van der Waals surface area (Å²) in [6, 6.07) is 2.03. The van der Waals surface area contributed by atoms with Crippen LogP contribution in [-0.4, -0.2) is 18.3 Å². The van der Waals surface area contributed by atoms with Gasteiger partial charge in [-0.15, -0.1) is 0 Å². The number of nitrogens with zero attached hydrogens (tertiary/aromatic N) is 1. The van der Waals surface area contributed by atoms with Gasteiger partial charge in [-0.3, -0.25) is 4.79 Å². The molecule has 0 atom stereocenters. The second-order valence-electron chi connectivity index (χ2n) is 4.10. The van der Waals surface area contributed by atoms with E-state index in [0.29, 0.717) is 18.9 Å². The molecule has 16 heavy (non-hydrogen) atoms. The fourth-order valence-electron chi connectivity index (χ4n) is 2.32. The molecule has 4 heteroatoms. The highest BCUT2D eigenvalue weighted by Gasteiger charge is 2.18. The predicted molar refractivity (Wildman–Crippen MR) is 67.3 cm³/mol. The summed E-state index contributed by atoms with van der Waals surface area (Å²) < 4.78 is 6.93. The Hall–Kier alpha value is -0.740. The van der Waals surface area contributed by atoms with Crippen LogP contribution >= 0.6 is 12.6 Å². The first-order chi connectivity index (χ1) is 7.77. The van der Waals surface area contributed by atoms with Crippen molar-refractivity contribution < 1.29 is 4.74 Å². The highest BCUT2D eigenvalue weighted by atomic mass is 32.1. The molecule has 0 saturated heterocycles. The second kappa shape index (κ2) is 5.06. The zero-order chi connectivity index (χ0) is 11.5. The summed E-state index contributed by atoms with van der Waals surface area (Å²) in [5, 5.41) is 0. The van der Waals surface area contributed by atoms with Crippen molar-refractivity contribution in [2.24, 2.45) is 0 Å². The fraction of sp³-hybridized carbons (Fsp3) is 0.583. The van der Waals surface area contributed by atoms with E-state index in [4.69, 9.17) is 4.74 Å². The molecule has 0 bridgehead atoms. The van der Waals surface area contributed by atoms with Gasteiger partial charge < -0.3 is 9.30 Å². The molecule has 1 aromatic heterocycles. The Morgan fingerprint density at radius 2 is 2.31 bits per heavy atom. The van der Waals surface area contributed by atoms with E-state index in [9.17, 15) is 4.79 Å². The van der Waals surface area contributed by atoms with Gasteiger partial charge >= 0.3 is 0 Å². The summed E-state index contributed by atoms with van der Waals surface area (Å²) in [5.41, 5.74) is 3.43. The van der Waals surface area contributed by atoms with Crippen molar-refractivity contribution in [3.63, 3.8) is 0 Å². The lowest BCUT2D eigenvalue weighted by molar-refractivity contribution is 0.185. The molecule has 0 fully saturated rings. The van der Waals surface area contributed by atoms with Gasteiger partial charge in [-0.2, -0.15) is 12.6 Å². The van der Waals surface area contributed by atoms with Crippen molar-refractivity contribution in [1.82, 2.24) is 4.57 Å². The maximum Gasteiger partial charge on any atom is 0.254 e. The summed E-state index contributed by atoms with van der Waals surface area (Å²) in [7, 11) is 1.66. The molecule has 0 unspecified atom stereocenters. The van der Waals surface area contributed by atoms with Gasteiger partial charge in [-0.1, -0.05) is 0 Å². The highest BCUT2D eigenvalue weighted by Crippen LogP contribution is 2.21. The van der Waals surface area contributed by atoms with E-state index in [0.717, 1.165) is 24.8 Å². The van der Waals surface area contributed by atoms with Crippen LogP contribution in [0.2, 0.25) is 0 Å². The maximum absolute atomic E-state index is 12.1. The Kier molecular flexibility index (Phi) is 3.71. The Balaban J connectivity index is 2.47. The summed E-state index contributed by atoms with van der Waals surface area (Å²) in [5.74, 6) is 0.513. The molecule has 0 radical (unpaired) electrons. The van der Waals surface area contributed by atoms with Crippen LogP contribution in [0.15, 0.2) is 10.9 Å². The molecule has 3 nitrogen and oxygen atoms in total. The molecule has 0 N–H and O–H groups in total. The minimum atomic E-state index is 0.104. The number of methoxy groups -OCH3 is 1. The van der Waals surface area contributed by atoms with E-state index in [-0.39, 0.29) is 5.56 Å². The SMILES string of the molecule is COCCn1c2c(cc(CS)c1=O)CCC2. The highest BCUT2D eigenvalue weighted by molar-refractivity contribution is 7.79. The lowest BCUT2D eigenvalue weighted by Crippen LogP contribution is -2.28. The van der Waals surface area contributed by atoms with Crippen molar-refractivity contribution in [3.05, 3.63) is 33.2 Å². The number of aromatic nitrogens is 1. The van der Waals surface area contributed by atoms with E-state index in [1.165, 1.54) is 11.3 Å². The van der Waals surface area contributed by atoms with Gasteiger partial charge in [0, 0.05) is 30.7 Å². The summed E-state index contributed by atoms with van der Waals surface area (Å²) in [4.78, 5) is 12.1. The van der Waals surface area contributed by atoms with E-state index < -0.39 is 0 Å². The molecule has 1 aromatic rings. The first-order valence-corrected chi connectivity index (χ1v) is 6.25. The second-order valence-corrected chi connectivity index (χ2v) is 4.42. The number of rotatable bonds is 4. The standard InChI is InChI=1S/C12H17NO2S/c1-15-6-5-13-11-4-2-3-9(11)7-10(8-16)12(13)14/h7,16H,2-6,8H2,1H3. The monoisotopic (exact) mass is 239 g/mol. The lowest BCUT2D eigenvalue weighted by atomic mass is 10.1. The average Bonchev–Trinajstić information content (AvgIpc) is 2.75. The van der Waals surface area contributed by atoms with Gasteiger partial charge in [-0.05, 0) is 30.9 Å². The van der Waals surface area contributed by atoms with Gasteiger partial charge in [-0.25, -0.2) is 0 Å². The molecule has 1 heterocycles. The van der Waals surface area contributed by atoms with Crippen LogP contribution in [0.25, 0.3) is 0 Å². The van der Waals surface area contributed by atoms with Crippen LogP contribution in [0.3, 0.4) is 0 Å². The molecule has 1 aliphatic rings. The van der Waals surface area contributed by atoms with Gasteiger partial charge in [0.25, 0.3) is 5.56 Å². The Morgan fingerprint density at radius 3 is 3.00 bits per heavy atom. The Labute approximate surface area is 101 Å². The lowest BCUT2D eigenvalue weighted by Gasteiger charge is -2.13. The van der Waals surface area contributed by atoms with Crippen LogP contribution < -0.4 is 5.56 Å². The topological polar surface area (TPSA) is 31.2 Å². The van der Waals surface area contributed by atoms with Crippen LogP contribution in [0, 0.1) is 0 Å². The molecule has 1 aliphatic carbocycles. The van der Waals surface area contributed by atoms with Gasteiger partial charge in [0.1, 0.15) is 0 Å². The average molecular weight is 239 g/mol. The molecule has 0 aromatic carbocycles. The molecule has 0 amide bonds. The Morgan fingerprint density at radius 1 is 1.50 bits per heavy atom. The van der Waals surface area contributed by atoms with Crippen LogP contribution in [0.1, 0.15) is 23.2 Å². The summed E-state index contributed by atoms with van der Waals surface area (Å²) in [6.45, 7) is 1.24. The number of hydrogen-bond donors (Lipinski definition) is 1. The predicted octanol–water partition coefficient (Wildman–Crippen LogP) is 1.41. The minimum Gasteiger partial charge on any atom is -0.383 e. The molecular weight excluding hydrogens is 222 g/mol. The smallest absolute Gasteiger partial charge is 0.254 e. The van der Waals surface area contributed by atoms with E-state index >= 15 is 0 Å². The third-order valence-corrected chi connectivity index (χ3v) is 3.45. The summed E-state index contributed by atoms with van der Waals surface area (Å²) in [6.07, 6.45) is 3.25. The van der Waals surface area contributed by atoms with Crippen molar-refractivity contribution in [3.8, 4) is 0 Å². The number of hydrogen-bond acceptors (Lipinski definition) is 3. The van der Waals surface area contributed by atoms with E-state index in [2.05, 4.69) is 12.6 Å². The van der Waals surface area contributed by atoms with E-state index in [1.54, 1.807) is 7.11 Å². The number of thiol groups is 1. The minimum absolute atomic E-state index is 0.104. The fourth-order valence-corrected chi connectivity index (χ4v) is 2.54. The van der Waals surface area contributed by atoms with Gasteiger partial charge in [0.15, 0.2) is 0 Å². The normalized spacial score (nSPS) is 14.1. The van der Waals surface area contributed by atoms with Crippen molar-refractivity contribution in [2.45, 2.75) is 31.6 Å². The van der Waals surface area contributed by atoms with Crippen molar-refractivity contribution >= 4 is 12.6 Å². The largest absolute Gasteiger partial charge is 0.383 e. The van der Waals surface area contributed by atoms with Gasteiger partial charge in [0.2, 0.25) is 0 Å². The molecule has 0 spiro atoms. The van der Waals surface area contributed by atoms with E-state index in [1.807, 2.05) is 10.6 Å². The zero-order valence-electron chi connectivity index (χ0n) is 9.53. The maximum atomic E-state index is 12.1. The van der Waals surface area contributed by atoms with Gasteiger partial charge in [0.05, 0.1) is 6.61 Å². The molecule has 0 saturated carbocycles. The third kappa shape index (κ3) is 2.04. The van der Waals surface area contributed by atoms with Crippen molar-refractivity contribution in [1.29, 1.82) is 0 Å². The quantitative estimate of drug-likeness (QED) is 0.806. The van der Waals surface area contributed by atoms with Crippen LogP contribution in [-0.2, 0) is 29.9 Å². The first-order valence-electron chi connectivity index (χ1n) is 5.62. The summed E-state index contributed by atoms with van der Waals surface area (Å²) >= 11 is 4.21. The Bertz CT molecular complexity index is 439. The molecule has 0 aliphatic heterocycles. The zero-order valence-corrected chi connectivity index (χ0v) is 10.4. The number of fused-ring (bicyclic) bond motifs is 1. The molecule has 88 valence electrons. The molecule has 2 rings (SSSR count). The first kappa shape index (κ1) is 11.7.